The number of unbranched alkanes of at least 4 members (excludes halogenated alkanes) is 45. The Bertz CT molecular complexity index is 1020. The third-order valence-corrected chi connectivity index (χ3v) is 14.3. The number of rotatable bonds is 53. The van der Waals surface area contributed by atoms with E-state index in [0.29, 0.717) is 5.28 Å². The SMILES string of the molecule is CCCCCCCCCCCCCCCCCCN(C)c1nc(Cl)nc(N(CCCCCCCCCCCCCCCCCC)CCCCCCCCCCCCCCCCCC)n1. The topological polar surface area (TPSA) is 45.2 Å². The Morgan fingerprint density at radius 2 is 0.469 bits per heavy atom. The van der Waals surface area contributed by atoms with E-state index in [1.807, 2.05) is 0 Å². The second-order valence-electron chi connectivity index (χ2n) is 20.5. The van der Waals surface area contributed by atoms with Gasteiger partial charge in [0.05, 0.1) is 0 Å². The van der Waals surface area contributed by atoms with Crippen molar-refractivity contribution < 1.29 is 0 Å². The van der Waals surface area contributed by atoms with Gasteiger partial charge in [0.1, 0.15) is 0 Å². The highest BCUT2D eigenvalue weighted by molar-refractivity contribution is 6.28. The van der Waals surface area contributed by atoms with Crippen LogP contribution in [-0.2, 0) is 0 Å². The summed E-state index contributed by atoms with van der Waals surface area (Å²) in [7, 11) is 2.14. The van der Waals surface area contributed by atoms with Gasteiger partial charge >= 0.3 is 0 Å². The molecule has 0 radical (unpaired) electrons. The zero-order valence-electron chi connectivity index (χ0n) is 44.2. The van der Waals surface area contributed by atoms with Crippen molar-refractivity contribution in [3.63, 3.8) is 0 Å². The largest absolute Gasteiger partial charge is 0.344 e. The predicted octanol–water partition coefficient (Wildman–Crippen LogP) is 20.6. The van der Waals surface area contributed by atoms with E-state index in [1.165, 1.54) is 308 Å². The first-order chi connectivity index (χ1) is 31.6. The van der Waals surface area contributed by atoms with E-state index in [-0.39, 0.29) is 0 Å². The maximum atomic E-state index is 6.63. The minimum absolute atomic E-state index is 0.336. The van der Waals surface area contributed by atoms with Gasteiger partial charge in [-0.3, -0.25) is 0 Å². The summed E-state index contributed by atoms with van der Waals surface area (Å²) in [4.78, 5) is 19.0. The zero-order chi connectivity index (χ0) is 46.1. The van der Waals surface area contributed by atoms with Gasteiger partial charge in [-0.1, -0.05) is 310 Å². The molecule has 6 heteroatoms. The average molecular weight is 917 g/mol. The van der Waals surface area contributed by atoms with Crippen LogP contribution in [0, 0.1) is 0 Å². The predicted molar refractivity (Wildman–Crippen MR) is 289 cm³/mol. The Kier molecular flexibility index (Phi) is 47.4. The van der Waals surface area contributed by atoms with Crippen molar-refractivity contribution in [1.29, 1.82) is 0 Å². The van der Waals surface area contributed by atoms with Gasteiger partial charge in [0.15, 0.2) is 0 Å². The molecule has 378 valence electrons. The van der Waals surface area contributed by atoms with E-state index in [2.05, 4.69) is 42.6 Å². The first-order valence-corrected chi connectivity index (χ1v) is 29.9. The van der Waals surface area contributed by atoms with Crippen LogP contribution >= 0.6 is 11.6 Å². The smallest absolute Gasteiger partial charge is 0.231 e. The lowest BCUT2D eigenvalue weighted by molar-refractivity contribution is 0.523. The zero-order valence-corrected chi connectivity index (χ0v) is 44.9. The molecule has 1 aromatic heterocycles. The molecule has 0 aliphatic rings. The molecule has 0 aliphatic heterocycles. The lowest BCUT2D eigenvalue weighted by atomic mass is 10.0. The fourth-order valence-electron chi connectivity index (χ4n) is 9.65. The van der Waals surface area contributed by atoms with E-state index in [4.69, 9.17) is 21.6 Å². The molecule has 64 heavy (non-hydrogen) atoms. The van der Waals surface area contributed by atoms with Crippen molar-refractivity contribution in [3.05, 3.63) is 5.28 Å². The van der Waals surface area contributed by atoms with Crippen LogP contribution in [0.5, 0.6) is 0 Å². The van der Waals surface area contributed by atoms with Crippen molar-refractivity contribution in [2.75, 3.05) is 36.5 Å². The van der Waals surface area contributed by atoms with E-state index in [0.717, 1.165) is 31.5 Å². The molecule has 0 spiro atoms. The number of anilines is 2. The lowest BCUT2D eigenvalue weighted by Gasteiger charge is -2.24. The molecule has 0 N–H and O–H groups in total. The highest BCUT2D eigenvalue weighted by atomic mass is 35.5. The van der Waals surface area contributed by atoms with E-state index in [9.17, 15) is 0 Å². The summed E-state index contributed by atoms with van der Waals surface area (Å²) in [6, 6.07) is 0. The molecule has 0 aliphatic carbocycles. The monoisotopic (exact) mass is 916 g/mol. The number of halogens is 1. The highest BCUT2D eigenvalue weighted by Gasteiger charge is 2.15. The van der Waals surface area contributed by atoms with Gasteiger partial charge in [-0.2, -0.15) is 15.0 Å². The Morgan fingerprint density at radius 3 is 0.719 bits per heavy atom. The molecule has 0 saturated carbocycles. The minimum Gasteiger partial charge on any atom is -0.344 e. The van der Waals surface area contributed by atoms with Crippen molar-refractivity contribution in [2.45, 2.75) is 329 Å². The molecule has 5 nitrogen and oxygen atoms in total. The molecule has 0 saturated heterocycles. The minimum atomic E-state index is 0.336. The molecule has 1 heterocycles. The molecule has 0 atom stereocenters. The molecule has 1 aromatic rings. The molecule has 1 rings (SSSR count). The summed E-state index contributed by atoms with van der Waals surface area (Å²) < 4.78 is 0. The quantitative estimate of drug-likeness (QED) is 0.0609. The summed E-state index contributed by atoms with van der Waals surface area (Å²) >= 11 is 6.63. The summed E-state index contributed by atoms with van der Waals surface area (Å²) in [6.07, 6.45) is 67.0. The van der Waals surface area contributed by atoms with Crippen LogP contribution in [0.3, 0.4) is 0 Å². The van der Waals surface area contributed by atoms with E-state index < -0.39 is 0 Å². The summed E-state index contributed by atoms with van der Waals surface area (Å²) in [6.45, 7) is 9.92. The third kappa shape index (κ3) is 41.1. The standard InChI is InChI=1S/C58H114ClN5/c1-5-8-11-14-17-20-23-26-29-32-35-38-41-44-47-50-53-63(4)57-60-56(59)61-58(62-57)64(54-51-48-45-42-39-36-33-30-27-24-21-18-15-12-9-6-2)55-52-49-46-43-40-37-34-31-28-25-22-19-16-13-10-7-3/h5-55H2,1-4H3. The van der Waals surface area contributed by atoms with E-state index >= 15 is 0 Å². The van der Waals surface area contributed by atoms with Gasteiger partial charge in [-0.05, 0) is 30.9 Å². The number of hydrogen-bond acceptors (Lipinski definition) is 5. The summed E-state index contributed by atoms with van der Waals surface area (Å²) in [5, 5.41) is 0.336. The third-order valence-electron chi connectivity index (χ3n) is 14.1. The second-order valence-corrected chi connectivity index (χ2v) is 20.9. The fourth-order valence-corrected chi connectivity index (χ4v) is 9.80. The van der Waals surface area contributed by atoms with Crippen LogP contribution in [0.15, 0.2) is 0 Å². The molecule has 0 fully saturated rings. The van der Waals surface area contributed by atoms with E-state index in [1.54, 1.807) is 0 Å². The normalized spacial score (nSPS) is 11.6. The van der Waals surface area contributed by atoms with Crippen LogP contribution in [0.25, 0.3) is 0 Å². The maximum Gasteiger partial charge on any atom is 0.231 e. The van der Waals surface area contributed by atoms with Crippen LogP contribution in [0.4, 0.5) is 11.9 Å². The Hall–Kier alpha value is -1.10. The maximum absolute atomic E-state index is 6.63. The van der Waals surface area contributed by atoms with Gasteiger partial charge in [0.25, 0.3) is 0 Å². The van der Waals surface area contributed by atoms with Crippen LogP contribution < -0.4 is 9.80 Å². The van der Waals surface area contributed by atoms with Crippen LogP contribution in [-0.4, -0.2) is 41.6 Å². The Labute approximate surface area is 407 Å². The molecule has 0 bridgehead atoms. The first kappa shape index (κ1) is 60.9. The Balaban J connectivity index is 2.40. The van der Waals surface area contributed by atoms with Crippen molar-refractivity contribution >= 4 is 23.5 Å². The van der Waals surface area contributed by atoms with Crippen molar-refractivity contribution in [3.8, 4) is 0 Å². The average Bonchev–Trinajstić information content (AvgIpc) is 3.30. The van der Waals surface area contributed by atoms with Gasteiger partial charge in [0.2, 0.25) is 17.2 Å². The number of aromatic nitrogens is 3. The van der Waals surface area contributed by atoms with Crippen LogP contribution in [0.1, 0.15) is 329 Å². The van der Waals surface area contributed by atoms with Gasteiger partial charge in [-0.25, -0.2) is 0 Å². The first-order valence-electron chi connectivity index (χ1n) is 29.5. The van der Waals surface area contributed by atoms with Crippen molar-refractivity contribution in [2.24, 2.45) is 0 Å². The van der Waals surface area contributed by atoms with Gasteiger partial charge in [-0.15, -0.1) is 0 Å². The number of nitrogens with zero attached hydrogens (tertiary/aromatic N) is 5. The van der Waals surface area contributed by atoms with Crippen LogP contribution in [0.2, 0.25) is 5.28 Å². The molecular weight excluding hydrogens is 802 g/mol. The Morgan fingerprint density at radius 1 is 0.266 bits per heavy atom. The number of hydrogen-bond donors (Lipinski definition) is 0. The summed E-state index contributed by atoms with van der Waals surface area (Å²) in [5.74, 6) is 1.52. The molecule has 0 aromatic carbocycles. The van der Waals surface area contributed by atoms with Gasteiger partial charge in [0, 0.05) is 26.7 Å². The fraction of sp³-hybridized carbons (Fsp3) is 0.948. The summed E-state index contributed by atoms with van der Waals surface area (Å²) in [5.41, 5.74) is 0. The van der Waals surface area contributed by atoms with Crippen molar-refractivity contribution in [1.82, 2.24) is 15.0 Å². The van der Waals surface area contributed by atoms with Gasteiger partial charge < -0.3 is 9.80 Å². The molecule has 0 amide bonds. The second kappa shape index (κ2) is 49.8. The molecular formula is C58H114ClN5. The highest BCUT2D eigenvalue weighted by Crippen LogP contribution is 2.21. The molecule has 0 unspecified atom stereocenters. The lowest BCUT2D eigenvalue weighted by Crippen LogP contribution is -2.29.